The van der Waals surface area contributed by atoms with Crippen molar-refractivity contribution in [2.45, 2.75) is 18.7 Å². The van der Waals surface area contributed by atoms with Gasteiger partial charge in [0, 0.05) is 10.0 Å². The zero-order chi connectivity index (χ0) is 24.0. The Morgan fingerprint density at radius 1 is 0.970 bits per heavy atom. The highest BCUT2D eigenvalue weighted by atomic mass is 35.5. The van der Waals surface area contributed by atoms with Gasteiger partial charge in [-0.3, -0.25) is 9.10 Å². The van der Waals surface area contributed by atoms with E-state index in [1.807, 2.05) is 6.92 Å². The van der Waals surface area contributed by atoms with Gasteiger partial charge >= 0.3 is 0 Å². The van der Waals surface area contributed by atoms with Crippen LogP contribution in [0.1, 0.15) is 11.1 Å². The first kappa shape index (κ1) is 24.9. The molecule has 0 saturated heterocycles. The van der Waals surface area contributed by atoms with E-state index >= 15 is 0 Å². The van der Waals surface area contributed by atoms with Gasteiger partial charge in [-0.15, -0.1) is 0 Å². The van der Waals surface area contributed by atoms with Gasteiger partial charge in [-0.05, 0) is 67.9 Å². The maximum atomic E-state index is 13.5. The SMILES string of the molecule is Cc1ccc(S(=O)(=O)N(CC(=O)NCCOc2ccc(Cl)cc2)c2cccc(Cl)c2C)cc1. The summed E-state index contributed by atoms with van der Waals surface area (Å²) in [6.07, 6.45) is 0. The van der Waals surface area contributed by atoms with Crippen LogP contribution in [0.5, 0.6) is 5.75 Å². The quantitative estimate of drug-likeness (QED) is 0.414. The van der Waals surface area contributed by atoms with E-state index in [1.165, 1.54) is 12.1 Å². The zero-order valence-corrected chi connectivity index (χ0v) is 20.5. The Morgan fingerprint density at radius 2 is 1.64 bits per heavy atom. The molecule has 3 aromatic rings. The highest BCUT2D eigenvalue weighted by Gasteiger charge is 2.28. The lowest BCUT2D eigenvalue weighted by Crippen LogP contribution is -2.42. The van der Waals surface area contributed by atoms with Gasteiger partial charge in [0.1, 0.15) is 18.9 Å². The van der Waals surface area contributed by atoms with Crippen molar-refractivity contribution in [3.63, 3.8) is 0 Å². The first-order valence-corrected chi connectivity index (χ1v) is 12.4. The van der Waals surface area contributed by atoms with E-state index in [2.05, 4.69) is 5.32 Å². The lowest BCUT2D eigenvalue weighted by Gasteiger charge is -2.26. The number of nitrogens with zero attached hydrogens (tertiary/aromatic N) is 1. The molecule has 0 aliphatic carbocycles. The molecule has 0 saturated carbocycles. The van der Waals surface area contributed by atoms with Gasteiger partial charge in [0.15, 0.2) is 0 Å². The van der Waals surface area contributed by atoms with Gasteiger partial charge in [-0.1, -0.05) is 47.0 Å². The molecule has 1 amide bonds. The highest BCUT2D eigenvalue weighted by molar-refractivity contribution is 7.92. The van der Waals surface area contributed by atoms with E-state index in [1.54, 1.807) is 61.5 Å². The van der Waals surface area contributed by atoms with Crippen molar-refractivity contribution in [2.75, 3.05) is 24.0 Å². The number of carbonyl (C=O) groups is 1. The molecular formula is C24H24Cl2N2O4S. The second-order valence-corrected chi connectivity index (χ2v) is 10.1. The molecule has 0 bridgehead atoms. The Morgan fingerprint density at radius 3 is 2.30 bits per heavy atom. The van der Waals surface area contributed by atoms with E-state index in [4.69, 9.17) is 27.9 Å². The summed E-state index contributed by atoms with van der Waals surface area (Å²) in [6.45, 7) is 3.60. The highest BCUT2D eigenvalue weighted by Crippen LogP contribution is 2.30. The monoisotopic (exact) mass is 506 g/mol. The van der Waals surface area contributed by atoms with Crippen molar-refractivity contribution in [1.29, 1.82) is 0 Å². The van der Waals surface area contributed by atoms with Crippen LogP contribution in [0.25, 0.3) is 0 Å². The number of amides is 1. The smallest absolute Gasteiger partial charge is 0.264 e. The average Bonchev–Trinajstić information content (AvgIpc) is 2.78. The average molecular weight is 507 g/mol. The van der Waals surface area contributed by atoms with Crippen LogP contribution in [0.4, 0.5) is 5.69 Å². The molecule has 0 radical (unpaired) electrons. The Balaban J connectivity index is 1.75. The van der Waals surface area contributed by atoms with Crippen LogP contribution < -0.4 is 14.4 Å². The topological polar surface area (TPSA) is 75.7 Å². The fourth-order valence-electron chi connectivity index (χ4n) is 3.08. The second kappa shape index (κ2) is 10.9. The van der Waals surface area contributed by atoms with E-state index in [9.17, 15) is 13.2 Å². The van der Waals surface area contributed by atoms with Crippen molar-refractivity contribution >= 4 is 44.8 Å². The number of ether oxygens (including phenoxy) is 1. The molecule has 0 unspecified atom stereocenters. The van der Waals surface area contributed by atoms with Crippen LogP contribution in [-0.4, -0.2) is 34.0 Å². The Kier molecular flexibility index (Phi) is 8.24. The summed E-state index contributed by atoms with van der Waals surface area (Å²) < 4.78 is 33.5. The van der Waals surface area contributed by atoms with Gasteiger partial charge in [0.25, 0.3) is 10.0 Å². The molecule has 33 heavy (non-hydrogen) atoms. The van der Waals surface area contributed by atoms with Crippen LogP contribution in [-0.2, 0) is 14.8 Å². The summed E-state index contributed by atoms with van der Waals surface area (Å²) in [5, 5.41) is 3.71. The van der Waals surface area contributed by atoms with Crippen molar-refractivity contribution in [3.05, 3.63) is 87.9 Å². The molecule has 9 heteroatoms. The number of hydrogen-bond donors (Lipinski definition) is 1. The lowest BCUT2D eigenvalue weighted by atomic mass is 10.2. The van der Waals surface area contributed by atoms with Gasteiger partial charge in [0.2, 0.25) is 5.91 Å². The third-order valence-electron chi connectivity index (χ3n) is 4.91. The summed E-state index contributed by atoms with van der Waals surface area (Å²) in [5.74, 6) is 0.150. The summed E-state index contributed by atoms with van der Waals surface area (Å²) in [7, 11) is -4.01. The number of anilines is 1. The number of halogens is 2. The largest absolute Gasteiger partial charge is 0.492 e. The molecule has 174 valence electrons. The van der Waals surface area contributed by atoms with Crippen molar-refractivity contribution in [1.82, 2.24) is 5.32 Å². The van der Waals surface area contributed by atoms with Crippen LogP contribution in [0.2, 0.25) is 10.0 Å². The molecule has 0 aromatic heterocycles. The molecule has 3 aromatic carbocycles. The maximum absolute atomic E-state index is 13.5. The molecular weight excluding hydrogens is 483 g/mol. The number of sulfonamides is 1. The summed E-state index contributed by atoms with van der Waals surface area (Å²) in [6, 6.07) is 18.3. The molecule has 1 N–H and O–H groups in total. The van der Waals surface area contributed by atoms with E-state index in [-0.39, 0.29) is 18.0 Å². The predicted octanol–water partition coefficient (Wildman–Crippen LogP) is 5.00. The minimum atomic E-state index is -4.01. The predicted molar refractivity (Wildman–Crippen MR) is 132 cm³/mol. The zero-order valence-electron chi connectivity index (χ0n) is 18.2. The van der Waals surface area contributed by atoms with Crippen molar-refractivity contribution in [2.24, 2.45) is 0 Å². The van der Waals surface area contributed by atoms with E-state index in [0.29, 0.717) is 27.0 Å². The lowest BCUT2D eigenvalue weighted by molar-refractivity contribution is -0.119. The van der Waals surface area contributed by atoms with Gasteiger partial charge < -0.3 is 10.1 Å². The normalized spacial score (nSPS) is 11.2. The molecule has 0 spiro atoms. The van der Waals surface area contributed by atoms with Crippen LogP contribution in [0.15, 0.2) is 71.6 Å². The van der Waals surface area contributed by atoms with Gasteiger partial charge in [-0.2, -0.15) is 0 Å². The van der Waals surface area contributed by atoms with Crippen LogP contribution in [0, 0.1) is 13.8 Å². The summed E-state index contributed by atoms with van der Waals surface area (Å²) in [5.41, 5.74) is 1.84. The Hall–Kier alpha value is -2.74. The van der Waals surface area contributed by atoms with Crippen molar-refractivity contribution < 1.29 is 17.9 Å². The standard InChI is InChI=1S/C24H24Cl2N2O4S/c1-17-6-12-21(13-7-17)33(30,31)28(23-5-3-4-22(26)18(23)2)16-24(29)27-14-15-32-20-10-8-19(25)9-11-20/h3-13H,14-16H2,1-2H3,(H,27,29). The number of hydrogen-bond acceptors (Lipinski definition) is 4. The molecule has 0 aliphatic rings. The molecule has 6 nitrogen and oxygen atoms in total. The second-order valence-electron chi connectivity index (χ2n) is 7.36. The molecule has 0 aliphatic heterocycles. The van der Waals surface area contributed by atoms with Gasteiger partial charge in [0.05, 0.1) is 17.1 Å². The maximum Gasteiger partial charge on any atom is 0.264 e. The minimum Gasteiger partial charge on any atom is -0.492 e. The molecule has 0 atom stereocenters. The fraction of sp³-hybridized carbons (Fsp3) is 0.208. The Bertz CT molecular complexity index is 1210. The molecule has 3 rings (SSSR count). The number of nitrogens with one attached hydrogen (secondary N) is 1. The van der Waals surface area contributed by atoms with E-state index < -0.39 is 22.5 Å². The van der Waals surface area contributed by atoms with Crippen LogP contribution >= 0.6 is 23.2 Å². The summed E-state index contributed by atoms with van der Waals surface area (Å²) in [4.78, 5) is 12.8. The first-order chi connectivity index (χ1) is 15.7. The summed E-state index contributed by atoms with van der Waals surface area (Å²) >= 11 is 12.1. The number of aryl methyl sites for hydroxylation is 1. The fourth-order valence-corrected chi connectivity index (χ4v) is 4.85. The third-order valence-corrected chi connectivity index (χ3v) is 7.35. The number of rotatable bonds is 9. The Labute approximate surface area is 204 Å². The third kappa shape index (κ3) is 6.41. The minimum absolute atomic E-state index is 0.0892. The van der Waals surface area contributed by atoms with Crippen LogP contribution in [0.3, 0.4) is 0 Å². The molecule has 0 heterocycles. The number of carbonyl (C=O) groups excluding carboxylic acids is 1. The number of benzene rings is 3. The van der Waals surface area contributed by atoms with E-state index in [0.717, 1.165) is 9.87 Å². The molecule has 0 fully saturated rings. The first-order valence-electron chi connectivity index (χ1n) is 10.2. The van der Waals surface area contributed by atoms with Crippen molar-refractivity contribution in [3.8, 4) is 5.75 Å². The van der Waals surface area contributed by atoms with Gasteiger partial charge in [-0.25, -0.2) is 8.42 Å².